The van der Waals surface area contributed by atoms with E-state index in [4.69, 9.17) is 14.6 Å². The molecular weight excluding hydrogens is 310 g/mol. The topological polar surface area (TPSA) is 76.1 Å². The van der Waals surface area contributed by atoms with Gasteiger partial charge in [-0.2, -0.15) is 0 Å². The van der Waals surface area contributed by atoms with Crippen molar-refractivity contribution in [2.24, 2.45) is 0 Å². The third kappa shape index (κ3) is 5.01. The van der Waals surface area contributed by atoms with Crippen molar-refractivity contribution in [1.82, 2.24) is 0 Å². The molecule has 0 spiro atoms. The summed E-state index contributed by atoms with van der Waals surface area (Å²) in [5, 5.41) is 8.90. The van der Waals surface area contributed by atoms with Crippen LogP contribution in [-0.2, 0) is 16.1 Å². The maximum Gasteiger partial charge on any atom is 0.414 e. The van der Waals surface area contributed by atoms with Crippen molar-refractivity contribution in [3.8, 4) is 5.75 Å². The summed E-state index contributed by atoms with van der Waals surface area (Å²) in [5.41, 5.74) is 1.38. The minimum absolute atomic E-state index is 0.0100. The molecule has 0 radical (unpaired) electrons. The van der Waals surface area contributed by atoms with Crippen molar-refractivity contribution in [3.05, 3.63) is 60.2 Å². The van der Waals surface area contributed by atoms with Gasteiger partial charge in [-0.15, -0.1) is 0 Å². The predicted octanol–water partition coefficient (Wildman–Crippen LogP) is 3.31. The lowest BCUT2D eigenvalue weighted by atomic mass is 10.2. The van der Waals surface area contributed by atoms with Gasteiger partial charge >= 0.3 is 12.1 Å². The Kier molecular flexibility index (Phi) is 6.19. The number of hydrogen-bond acceptors (Lipinski definition) is 4. The number of amides is 1. The molecule has 1 N–H and O–H groups in total. The first kappa shape index (κ1) is 17.3. The van der Waals surface area contributed by atoms with Crippen LogP contribution in [0, 0.1) is 0 Å². The Hall–Kier alpha value is -3.02. The molecular formula is C18H19NO5. The second kappa shape index (κ2) is 8.57. The molecule has 126 valence electrons. The lowest BCUT2D eigenvalue weighted by Gasteiger charge is -2.22. The molecule has 0 fully saturated rings. The molecule has 6 nitrogen and oxygen atoms in total. The molecule has 24 heavy (non-hydrogen) atoms. The molecule has 0 heterocycles. The van der Waals surface area contributed by atoms with Crippen LogP contribution in [0.5, 0.6) is 5.75 Å². The molecule has 0 saturated carbocycles. The van der Waals surface area contributed by atoms with Gasteiger partial charge in [-0.05, 0) is 17.7 Å². The number of hydrogen-bond donors (Lipinski definition) is 1. The normalized spacial score (nSPS) is 10.0. The van der Waals surface area contributed by atoms with E-state index in [1.165, 1.54) is 12.0 Å². The fourth-order valence-electron chi connectivity index (χ4n) is 2.11. The molecule has 0 unspecified atom stereocenters. The SMILES string of the molecule is COc1cccc(N(CCC(=O)O)C(=O)OCc2ccccc2)c1. The van der Waals surface area contributed by atoms with Crippen LogP contribution in [0.1, 0.15) is 12.0 Å². The zero-order valence-electron chi connectivity index (χ0n) is 13.3. The molecule has 0 bridgehead atoms. The molecule has 0 aromatic heterocycles. The summed E-state index contributed by atoms with van der Waals surface area (Å²) in [6.07, 6.45) is -0.786. The fourth-order valence-corrected chi connectivity index (χ4v) is 2.11. The summed E-state index contributed by atoms with van der Waals surface area (Å²) in [6.45, 7) is 0.128. The first-order chi connectivity index (χ1) is 11.6. The van der Waals surface area contributed by atoms with Crippen LogP contribution in [-0.4, -0.2) is 30.8 Å². The second-order valence-corrected chi connectivity index (χ2v) is 5.04. The van der Waals surface area contributed by atoms with Gasteiger partial charge in [0, 0.05) is 12.6 Å². The van der Waals surface area contributed by atoms with Gasteiger partial charge in [-0.1, -0.05) is 36.4 Å². The minimum atomic E-state index is -0.987. The fraction of sp³-hybridized carbons (Fsp3) is 0.222. The lowest BCUT2D eigenvalue weighted by molar-refractivity contribution is -0.136. The van der Waals surface area contributed by atoms with Crippen molar-refractivity contribution in [2.45, 2.75) is 13.0 Å². The van der Waals surface area contributed by atoms with E-state index in [1.807, 2.05) is 30.3 Å². The number of carbonyl (C=O) groups excluding carboxylic acids is 1. The standard InChI is InChI=1S/C18H19NO5/c1-23-16-9-5-8-15(12-16)19(11-10-17(20)21)18(22)24-13-14-6-3-2-4-7-14/h2-9,12H,10-11,13H2,1H3,(H,20,21). The molecule has 0 aliphatic carbocycles. The van der Waals surface area contributed by atoms with Crippen LogP contribution in [0.3, 0.4) is 0 Å². The van der Waals surface area contributed by atoms with Gasteiger partial charge in [0.05, 0.1) is 19.2 Å². The Morgan fingerprint density at radius 3 is 2.50 bits per heavy atom. The van der Waals surface area contributed by atoms with Gasteiger partial charge < -0.3 is 14.6 Å². The number of ether oxygens (including phenoxy) is 2. The van der Waals surface area contributed by atoms with E-state index in [-0.39, 0.29) is 19.6 Å². The van der Waals surface area contributed by atoms with Crippen LogP contribution in [0.2, 0.25) is 0 Å². The predicted molar refractivity (Wildman–Crippen MR) is 89.2 cm³/mol. The molecule has 2 aromatic carbocycles. The average molecular weight is 329 g/mol. The number of nitrogens with zero attached hydrogens (tertiary/aromatic N) is 1. The number of anilines is 1. The highest BCUT2D eigenvalue weighted by Crippen LogP contribution is 2.22. The highest BCUT2D eigenvalue weighted by molar-refractivity contribution is 5.88. The third-order valence-corrected chi connectivity index (χ3v) is 3.34. The Bertz CT molecular complexity index is 687. The second-order valence-electron chi connectivity index (χ2n) is 5.04. The van der Waals surface area contributed by atoms with E-state index in [1.54, 1.807) is 24.3 Å². The van der Waals surface area contributed by atoms with Gasteiger partial charge in [-0.25, -0.2) is 4.79 Å². The molecule has 0 atom stereocenters. The quantitative estimate of drug-likeness (QED) is 0.843. The number of carboxylic acid groups (broad SMARTS) is 1. The smallest absolute Gasteiger partial charge is 0.414 e. The summed E-state index contributed by atoms with van der Waals surface area (Å²) in [5.74, 6) is -0.414. The number of benzene rings is 2. The number of rotatable bonds is 7. The Balaban J connectivity index is 2.11. The highest BCUT2D eigenvalue weighted by atomic mass is 16.6. The first-order valence-electron chi connectivity index (χ1n) is 7.44. The van der Waals surface area contributed by atoms with Crippen LogP contribution in [0.25, 0.3) is 0 Å². The maximum absolute atomic E-state index is 12.4. The van der Waals surface area contributed by atoms with Gasteiger partial charge in [-0.3, -0.25) is 9.69 Å². The van der Waals surface area contributed by atoms with Gasteiger partial charge in [0.25, 0.3) is 0 Å². The third-order valence-electron chi connectivity index (χ3n) is 3.34. The molecule has 1 amide bonds. The summed E-state index contributed by atoms with van der Waals surface area (Å²) in [6, 6.07) is 16.1. The van der Waals surface area contributed by atoms with Crippen LogP contribution < -0.4 is 9.64 Å². The molecule has 0 saturated heterocycles. The zero-order valence-corrected chi connectivity index (χ0v) is 13.3. The monoisotopic (exact) mass is 329 g/mol. The van der Waals surface area contributed by atoms with Gasteiger partial charge in [0.15, 0.2) is 0 Å². The van der Waals surface area contributed by atoms with E-state index in [0.29, 0.717) is 11.4 Å². The number of carbonyl (C=O) groups is 2. The average Bonchev–Trinajstić information content (AvgIpc) is 2.61. The van der Waals surface area contributed by atoms with E-state index < -0.39 is 12.1 Å². The van der Waals surface area contributed by atoms with Crippen LogP contribution >= 0.6 is 0 Å². The Labute approximate surface area is 140 Å². The lowest BCUT2D eigenvalue weighted by Crippen LogP contribution is -2.33. The number of carboxylic acids is 1. The number of methoxy groups -OCH3 is 1. The van der Waals surface area contributed by atoms with E-state index in [0.717, 1.165) is 5.56 Å². The van der Waals surface area contributed by atoms with Gasteiger partial charge in [0.2, 0.25) is 0 Å². The Morgan fingerprint density at radius 2 is 1.83 bits per heavy atom. The van der Waals surface area contributed by atoms with E-state index in [9.17, 15) is 9.59 Å². The summed E-state index contributed by atoms with van der Waals surface area (Å²) in [4.78, 5) is 24.5. The van der Waals surface area contributed by atoms with Crippen molar-refractivity contribution in [2.75, 3.05) is 18.6 Å². The van der Waals surface area contributed by atoms with Crippen molar-refractivity contribution < 1.29 is 24.2 Å². The maximum atomic E-state index is 12.4. The molecule has 2 aromatic rings. The minimum Gasteiger partial charge on any atom is -0.497 e. The van der Waals surface area contributed by atoms with Gasteiger partial charge in [0.1, 0.15) is 12.4 Å². The molecule has 6 heteroatoms. The van der Waals surface area contributed by atoms with Crippen LogP contribution in [0.15, 0.2) is 54.6 Å². The Morgan fingerprint density at radius 1 is 1.08 bits per heavy atom. The zero-order chi connectivity index (χ0) is 17.4. The summed E-state index contributed by atoms with van der Waals surface area (Å²) < 4.78 is 10.4. The number of aliphatic carboxylic acids is 1. The van der Waals surface area contributed by atoms with Crippen molar-refractivity contribution in [1.29, 1.82) is 0 Å². The summed E-state index contributed by atoms with van der Waals surface area (Å²) >= 11 is 0. The van der Waals surface area contributed by atoms with Crippen molar-refractivity contribution >= 4 is 17.7 Å². The van der Waals surface area contributed by atoms with Crippen molar-refractivity contribution in [3.63, 3.8) is 0 Å². The molecule has 0 aliphatic rings. The molecule has 0 aliphatic heterocycles. The van der Waals surface area contributed by atoms with E-state index in [2.05, 4.69) is 0 Å². The summed E-state index contributed by atoms with van der Waals surface area (Å²) in [7, 11) is 1.52. The van der Waals surface area contributed by atoms with Crippen LogP contribution in [0.4, 0.5) is 10.5 Å². The highest BCUT2D eigenvalue weighted by Gasteiger charge is 2.19. The molecule has 2 rings (SSSR count). The first-order valence-corrected chi connectivity index (χ1v) is 7.44. The largest absolute Gasteiger partial charge is 0.497 e. The van der Waals surface area contributed by atoms with E-state index >= 15 is 0 Å².